The third-order valence-corrected chi connectivity index (χ3v) is 5.05. The minimum absolute atomic E-state index is 0.470. The fraction of sp³-hybridized carbons (Fsp3) is 0.500. The lowest BCUT2D eigenvalue weighted by Gasteiger charge is -2.12. The van der Waals surface area contributed by atoms with Gasteiger partial charge in [0.2, 0.25) is 0 Å². The summed E-state index contributed by atoms with van der Waals surface area (Å²) in [5.74, 6) is 1.65. The van der Waals surface area contributed by atoms with Gasteiger partial charge in [0, 0.05) is 15.5 Å². The molecule has 1 atom stereocenters. The number of hydrogen-bond donors (Lipinski definition) is 1. The monoisotopic (exact) mass is 284 g/mol. The topological polar surface area (TPSA) is 37.3 Å². The van der Waals surface area contributed by atoms with E-state index in [1.54, 1.807) is 23.5 Å². The van der Waals surface area contributed by atoms with Crippen LogP contribution in [0.25, 0.3) is 0 Å². The van der Waals surface area contributed by atoms with Gasteiger partial charge in [-0.05, 0) is 23.8 Å². The third-order valence-electron chi connectivity index (χ3n) is 2.72. The number of rotatable bonds is 7. The molecular formula is C14H20O2S2. The van der Waals surface area contributed by atoms with Gasteiger partial charge in [0.15, 0.2) is 0 Å². The molecule has 0 aromatic heterocycles. The molecule has 1 aromatic carbocycles. The SMILES string of the molecule is CCSc1cccc(SCC(C)CC)c1C(=O)O. The highest BCUT2D eigenvalue weighted by atomic mass is 32.2. The van der Waals surface area contributed by atoms with E-state index in [-0.39, 0.29) is 0 Å². The number of carbonyl (C=O) groups is 1. The van der Waals surface area contributed by atoms with Crippen LogP contribution in [0.15, 0.2) is 28.0 Å². The molecule has 0 saturated heterocycles. The number of benzene rings is 1. The van der Waals surface area contributed by atoms with Crippen molar-refractivity contribution in [3.63, 3.8) is 0 Å². The van der Waals surface area contributed by atoms with Crippen LogP contribution < -0.4 is 0 Å². The minimum atomic E-state index is -0.821. The maximum atomic E-state index is 11.4. The third kappa shape index (κ3) is 4.25. The van der Waals surface area contributed by atoms with Crippen molar-refractivity contribution in [2.75, 3.05) is 11.5 Å². The number of aromatic carboxylic acids is 1. The van der Waals surface area contributed by atoms with Crippen LogP contribution in [0.4, 0.5) is 0 Å². The van der Waals surface area contributed by atoms with Crippen molar-refractivity contribution >= 4 is 29.5 Å². The lowest BCUT2D eigenvalue weighted by molar-refractivity contribution is 0.0689. The predicted octanol–water partition coefficient (Wildman–Crippen LogP) is 4.64. The molecule has 0 aliphatic heterocycles. The van der Waals surface area contributed by atoms with E-state index in [4.69, 9.17) is 0 Å². The van der Waals surface area contributed by atoms with Crippen LogP contribution in [0.3, 0.4) is 0 Å². The van der Waals surface area contributed by atoms with Gasteiger partial charge >= 0.3 is 5.97 Å². The van der Waals surface area contributed by atoms with Crippen molar-refractivity contribution in [3.05, 3.63) is 23.8 Å². The van der Waals surface area contributed by atoms with Gasteiger partial charge in [-0.2, -0.15) is 0 Å². The molecule has 18 heavy (non-hydrogen) atoms. The largest absolute Gasteiger partial charge is 0.478 e. The van der Waals surface area contributed by atoms with E-state index in [0.29, 0.717) is 11.5 Å². The van der Waals surface area contributed by atoms with E-state index >= 15 is 0 Å². The van der Waals surface area contributed by atoms with Crippen molar-refractivity contribution < 1.29 is 9.90 Å². The highest BCUT2D eigenvalue weighted by molar-refractivity contribution is 8.00. The minimum Gasteiger partial charge on any atom is -0.478 e. The second kappa shape index (κ2) is 7.74. The molecule has 0 amide bonds. The molecule has 0 aliphatic carbocycles. The van der Waals surface area contributed by atoms with E-state index < -0.39 is 5.97 Å². The number of thioether (sulfide) groups is 2. The second-order valence-corrected chi connectivity index (χ2v) is 6.56. The fourth-order valence-corrected chi connectivity index (χ4v) is 3.58. The first-order valence-corrected chi connectivity index (χ1v) is 8.19. The Hall–Kier alpha value is -0.610. The average Bonchev–Trinajstić information content (AvgIpc) is 2.36. The van der Waals surface area contributed by atoms with Gasteiger partial charge in [-0.1, -0.05) is 33.3 Å². The molecule has 1 N–H and O–H groups in total. The van der Waals surface area contributed by atoms with Crippen LogP contribution >= 0.6 is 23.5 Å². The van der Waals surface area contributed by atoms with E-state index in [2.05, 4.69) is 13.8 Å². The molecule has 0 aliphatic rings. The van der Waals surface area contributed by atoms with Crippen molar-refractivity contribution in [1.82, 2.24) is 0 Å². The zero-order chi connectivity index (χ0) is 13.5. The summed E-state index contributed by atoms with van der Waals surface area (Å²) in [4.78, 5) is 13.2. The summed E-state index contributed by atoms with van der Waals surface area (Å²) >= 11 is 3.24. The average molecular weight is 284 g/mol. The summed E-state index contributed by atoms with van der Waals surface area (Å²) in [6.45, 7) is 6.39. The fourth-order valence-electron chi connectivity index (χ4n) is 1.47. The van der Waals surface area contributed by atoms with Crippen molar-refractivity contribution in [3.8, 4) is 0 Å². The first-order valence-electron chi connectivity index (χ1n) is 6.22. The Morgan fingerprint density at radius 2 is 1.89 bits per heavy atom. The van der Waals surface area contributed by atoms with Gasteiger partial charge in [0.05, 0.1) is 5.56 Å². The highest BCUT2D eigenvalue weighted by Gasteiger charge is 2.16. The predicted molar refractivity (Wildman–Crippen MR) is 80.0 cm³/mol. The maximum Gasteiger partial charge on any atom is 0.337 e. The smallest absolute Gasteiger partial charge is 0.337 e. The molecule has 0 spiro atoms. The zero-order valence-electron chi connectivity index (χ0n) is 11.1. The Balaban J connectivity index is 2.95. The molecule has 1 rings (SSSR count). The Morgan fingerprint density at radius 1 is 1.28 bits per heavy atom. The summed E-state index contributed by atoms with van der Waals surface area (Å²) in [5.41, 5.74) is 0.470. The second-order valence-electron chi connectivity index (χ2n) is 4.19. The molecule has 0 heterocycles. The maximum absolute atomic E-state index is 11.4. The molecule has 4 heteroatoms. The van der Waals surface area contributed by atoms with E-state index in [9.17, 15) is 9.90 Å². The number of carboxylic acid groups (broad SMARTS) is 1. The molecule has 1 unspecified atom stereocenters. The van der Waals surface area contributed by atoms with Crippen LogP contribution in [0.1, 0.15) is 37.6 Å². The van der Waals surface area contributed by atoms with Crippen LogP contribution in [0.2, 0.25) is 0 Å². The normalized spacial score (nSPS) is 12.4. The molecule has 2 nitrogen and oxygen atoms in total. The number of hydrogen-bond acceptors (Lipinski definition) is 3. The summed E-state index contributed by atoms with van der Waals surface area (Å²) < 4.78 is 0. The summed E-state index contributed by atoms with van der Waals surface area (Å²) in [7, 11) is 0. The molecular weight excluding hydrogens is 264 g/mol. The Bertz CT molecular complexity index is 405. The zero-order valence-corrected chi connectivity index (χ0v) is 12.7. The van der Waals surface area contributed by atoms with Gasteiger partial charge in [-0.25, -0.2) is 4.79 Å². The summed E-state index contributed by atoms with van der Waals surface area (Å²) in [6.07, 6.45) is 1.12. The highest BCUT2D eigenvalue weighted by Crippen LogP contribution is 2.32. The number of carboxylic acids is 1. The van der Waals surface area contributed by atoms with E-state index in [0.717, 1.165) is 27.7 Å². The molecule has 0 saturated carbocycles. The van der Waals surface area contributed by atoms with Crippen LogP contribution in [0, 0.1) is 5.92 Å². The van der Waals surface area contributed by atoms with Gasteiger partial charge in [-0.15, -0.1) is 23.5 Å². The van der Waals surface area contributed by atoms with Crippen molar-refractivity contribution in [1.29, 1.82) is 0 Å². The Morgan fingerprint density at radius 3 is 2.39 bits per heavy atom. The summed E-state index contributed by atoms with van der Waals surface area (Å²) in [6, 6.07) is 5.75. The Labute approximate surface area is 118 Å². The molecule has 0 bridgehead atoms. The quantitative estimate of drug-likeness (QED) is 0.740. The molecule has 0 radical (unpaired) electrons. The molecule has 100 valence electrons. The first kappa shape index (κ1) is 15.4. The van der Waals surface area contributed by atoms with Crippen LogP contribution in [-0.4, -0.2) is 22.6 Å². The molecule has 0 fully saturated rings. The standard InChI is InChI=1S/C14H20O2S2/c1-4-10(3)9-18-12-8-6-7-11(17-5-2)13(12)14(15)16/h6-8,10H,4-5,9H2,1-3H3,(H,15,16). The first-order chi connectivity index (χ1) is 8.60. The van der Waals surface area contributed by atoms with Crippen LogP contribution in [0.5, 0.6) is 0 Å². The molecule has 1 aromatic rings. The van der Waals surface area contributed by atoms with Crippen molar-refractivity contribution in [2.24, 2.45) is 5.92 Å². The van der Waals surface area contributed by atoms with Gasteiger partial charge in [-0.3, -0.25) is 0 Å². The van der Waals surface area contributed by atoms with E-state index in [1.165, 1.54) is 0 Å². The Kier molecular flexibility index (Phi) is 6.65. The van der Waals surface area contributed by atoms with E-state index in [1.807, 2.05) is 25.1 Å². The van der Waals surface area contributed by atoms with Gasteiger partial charge in [0.25, 0.3) is 0 Å². The lowest BCUT2D eigenvalue weighted by atomic mass is 10.2. The van der Waals surface area contributed by atoms with Crippen molar-refractivity contribution in [2.45, 2.75) is 37.0 Å². The van der Waals surface area contributed by atoms with Crippen LogP contribution in [-0.2, 0) is 0 Å². The van der Waals surface area contributed by atoms with Gasteiger partial charge < -0.3 is 5.11 Å². The summed E-state index contributed by atoms with van der Waals surface area (Å²) in [5, 5.41) is 9.37. The lowest BCUT2D eigenvalue weighted by Crippen LogP contribution is -2.03. The van der Waals surface area contributed by atoms with Gasteiger partial charge in [0.1, 0.15) is 0 Å².